The fourth-order valence-electron chi connectivity index (χ4n) is 0.600. The van der Waals surface area contributed by atoms with Crippen molar-refractivity contribution in [1.29, 1.82) is 0 Å². The van der Waals surface area contributed by atoms with Gasteiger partial charge in [0.05, 0.1) is 10.0 Å². The van der Waals surface area contributed by atoms with Crippen LogP contribution in [-0.2, 0) is 17.1 Å². The minimum Gasteiger partial charge on any atom is -0.870 e. The van der Waals surface area contributed by atoms with E-state index in [1.807, 2.05) is 0 Å². The van der Waals surface area contributed by atoms with Crippen molar-refractivity contribution in [3.8, 4) is 11.5 Å². The molecule has 0 atom stereocenters. The van der Waals surface area contributed by atoms with Gasteiger partial charge in [0, 0.05) is 17.1 Å². The van der Waals surface area contributed by atoms with E-state index in [-0.39, 0.29) is 56.0 Å². The summed E-state index contributed by atoms with van der Waals surface area (Å²) in [5, 5.41) is 18.9. The van der Waals surface area contributed by atoms with Crippen LogP contribution >= 0.6 is 46.4 Å². The van der Waals surface area contributed by atoms with Gasteiger partial charge in [0.2, 0.25) is 0 Å². The van der Waals surface area contributed by atoms with Gasteiger partial charge in [-0.1, -0.05) is 52.2 Å². The molecule has 1 aromatic rings. The van der Waals surface area contributed by atoms with Gasteiger partial charge in [-0.3, -0.25) is 0 Å². The Labute approximate surface area is 123 Å². The van der Waals surface area contributed by atoms with Gasteiger partial charge in [0.1, 0.15) is 10.0 Å². The van der Waals surface area contributed by atoms with E-state index in [1.54, 1.807) is 0 Å². The first-order valence-electron chi connectivity index (χ1n) is 2.68. The normalized spacial score (nSPS) is 8.86. The van der Waals surface area contributed by atoms with Crippen LogP contribution in [0, 0.1) is 0 Å². The molecule has 0 spiro atoms. The molecule has 0 bridgehead atoms. The number of rotatable bonds is 0. The molecule has 1 rings (SSSR count). The van der Waals surface area contributed by atoms with Crippen LogP contribution in [0.4, 0.5) is 0 Å². The van der Waals surface area contributed by atoms with Crippen molar-refractivity contribution in [2.24, 2.45) is 0 Å². The van der Waals surface area contributed by atoms with E-state index in [1.165, 1.54) is 0 Å². The summed E-state index contributed by atoms with van der Waals surface area (Å²) in [5.74, 6) is -1.17. The van der Waals surface area contributed by atoms with E-state index in [4.69, 9.17) is 51.5 Å². The Balaban J connectivity index is 0. The number of hydrogen-bond donors (Lipinski definition) is 1. The van der Waals surface area contributed by atoms with Gasteiger partial charge >= 0.3 is 18.9 Å². The topological polar surface area (TPSA) is 43.3 Å². The van der Waals surface area contributed by atoms with E-state index in [0.29, 0.717) is 0 Å². The van der Waals surface area contributed by atoms with Crippen LogP contribution in [0.25, 0.3) is 0 Å². The van der Waals surface area contributed by atoms with Crippen molar-refractivity contribution in [2.75, 3.05) is 0 Å². The molecule has 0 aliphatic heterocycles. The quantitative estimate of drug-likeness (QED) is 0.544. The van der Waals surface area contributed by atoms with Gasteiger partial charge in [0.25, 0.3) is 0 Å². The molecule has 0 saturated carbocycles. The fraction of sp³-hybridized carbons (Fsp3) is 0. The molecule has 14 heavy (non-hydrogen) atoms. The first-order valence-corrected chi connectivity index (χ1v) is 4.20. The summed E-state index contributed by atoms with van der Waals surface area (Å²) >= 11 is 21.7. The zero-order valence-corrected chi connectivity index (χ0v) is 10.6. The van der Waals surface area contributed by atoms with Gasteiger partial charge in [-0.25, -0.2) is 0 Å². The minimum absolute atomic E-state index is 0. The summed E-state index contributed by atoms with van der Waals surface area (Å²) in [7, 11) is 0. The van der Waals surface area contributed by atoms with Crippen LogP contribution in [0.15, 0.2) is 0 Å². The van der Waals surface area contributed by atoms with Gasteiger partial charge < -0.3 is 10.2 Å². The van der Waals surface area contributed by atoms with E-state index < -0.39 is 11.5 Å². The Morgan fingerprint density at radius 3 is 1.43 bits per heavy atom. The second kappa shape index (κ2) is 6.63. The van der Waals surface area contributed by atoms with Crippen LogP contribution in [0.3, 0.4) is 0 Å². The maximum Gasteiger partial charge on any atom is 1.00 e. The first kappa shape index (κ1) is 17.5. The smallest absolute Gasteiger partial charge is 0.870 e. The van der Waals surface area contributed by atoms with Crippen LogP contribution in [0.5, 0.6) is 11.5 Å². The third-order valence-corrected chi connectivity index (χ3v) is 2.85. The number of halogens is 4. The SMILES string of the molecule is [Cu].[Li+].[O-]c1c(Cl)c(Cl)c(O)c(Cl)c1Cl. The zero-order valence-electron chi connectivity index (χ0n) is 6.67. The molecule has 8 heteroatoms. The third kappa shape index (κ3) is 3.04. The summed E-state index contributed by atoms with van der Waals surface area (Å²) in [6.07, 6.45) is 0. The van der Waals surface area contributed by atoms with Gasteiger partial charge in [-0.15, -0.1) is 0 Å². The van der Waals surface area contributed by atoms with Crippen molar-refractivity contribution < 1.29 is 46.1 Å². The molecule has 0 aliphatic rings. The molecule has 0 aliphatic carbocycles. The Kier molecular flexibility index (Phi) is 8.28. The van der Waals surface area contributed by atoms with E-state index in [0.717, 1.165) is 0 Å². The number of hydrogen-bond acceptors (Lipinski definition) is 2. The van der Waals surface area contributed by atoms with Crippen molar-refractivity contribution in [1.82, 2.24) is 0 Å². The van der Waals surface area contributed by atoms with E-state index in [9.17, 15) is 5.11 Å². The van der Waals surface area contributed by atoms with Gasteiger partial charge in [-0.2, -0.15) is 0 Å². The van der Waals surface area contributed by atoms with E-state index in [2.05, 4.69) is 0 Å². The number of aromatic hydroxyl groups is 1. The van der Waals surface area contributed by atoms with E-state index >= 15 is 0 Å². The average Bonchev–Trinajstić information content (AvgIpc) is 2.08. The number of phenols is 1. The molecule has 0 fully saturated rings. The van der Waals surface area contributed by atoms with Crippen LogP contribution < -0.4 is 24.0 Å². The Morgan fingerprint density at radius 1 is 0.857 bits per heavy atom. The molecule has 0 amide bonds. The van der Waals surface area contributed by atoms with Gasteiger partial charge in [0.15, 0.2) is 5.75 Å². The fourth-order valence-corrected chi connectivity index (χ4v) is 1.43. The monoisotopic (exact) mass is 315 g/mol. The standard InChI is InChI=1S/C6H2Cl4O2.Cu.Li/c7-1-2(8)6(12)4(10)3(9)5(1)11;;/h11-12H;;/q;;+1/p-1. The summed E-state index contributed by atoms with van der Waals surface area (Å²) < 4.78 is 0. The van der Waals surface area contributed by atoms with Crippen molar-refractivity contribution in [2.45, 2.75) is 0 Å². The molecule has 77 valence electrons. The molecule has 0 aromatic heterocycles. The van der Waals surface area contributed by atoms with Crippen molar-refractivity contribution >= 4 is 46.4 Å². The predicted octanol–water partition coefficient (Wildman–Crippen LogP) is 0.0809. The predicted molar refractivity (Wildman–Crippen MR) is 47.6 cm³/mol. The van der Waals surface area contributed by atoms with Crippen molar-refractivity contribution in [3.63, 3.8) is 0 Å². The average molecular weight is 317 g/mol. The molecule has 0 unspecified atom stereocenters. The second-order valence-corrected chi connectivity index (χ2v) is 3.45. The molecule has 2 nitrogen and oxygen atoms in total. The van der Waals surface area contributed by atoms with Crippen LogP contribution in [0.1, 0.15) is 0 Å². The second-order valence-electron chi connectivity index (χ2n) is 1.93. The summed E-state index contributed by atoms with van der Waals surface area (Å²) in [5.41, 5.74) is 0. The zero-order chi connectivity index (χ0) is 9.46. The Morgan fingerprint density at radius 2 is 1.14 bits per heavy atom. The summed E-state index contributed by atoms with van der Waals surface area (Å²) in [4.78, 5) is 0. The Bertz CT molecular complexity index is 242. The third-order valence-electron chi connectivity index (χ3n) is 1.20. The molecular formula is C6HCl4CuLiO2. The van der Waals surface area contributed by atoms with Crippen LogP contribution in [0.2, 0.25) is 20.1 Å². The molecule has 0 heterocycles. The maximum absolute atomic E-state index is 11.0. The molecule has 1 N–H and O–H groups in total. The Hall–Kier alpha value is 1.10. The molecule has 1 aromatic carbocycles. The molecule has 0 saturated heterocycles. The summed E-state index contributed by atoms with van der Waals surface area (Å²) in [6, 6.07) is 0. The van der Waals surface area contributed by atoms with Crippen LogP contribution in [-0.4, -0.2) is 5.11 Å². The molecular weight excluding hydrogens is 316 g/mol. The summed E-state index contributed by atoms with van der Waals surface area (Å²) in [6.45, 7) is 0. The first-order chi connectivity index (χ1) is 5.46. The minimum atomic E-state index is -0.689. The maximum atomic E-state index is 11.0. The van der Waals surface area contributed by atoms with Gasteiger partial charge in [-0.05, 0) is 0 Å². The number of benzene rings is 1. The van der Waals surface area contributed by atoms with Crippen molar-refractivity contribution in [3.05, 3.63) is 20.1 Å². The molecule has 1 radical (unpaired) electrons. The largest absolute Gasteiger partial charge is 1.00 e. The number of phenolic OH excluding ortho intramolecular Hbond substituents is 1.